The second-order valence-corrected chi connectivity index (χ2v) is 5.53. The number of rotatable bonds is 1. The Morgan fingerprint density at radius 2 is 1.86 bits per heavy atom. The summed E-state index contributed by atoms with van der Waals surface area (Å²) in [6.07, 6.45) is 1.56. The molecule has 0 bridgehead atoms. The van der Waals surface area contributed by atoms with Gasteiger partial charge in [0.25, 0.3) is 0 Å². The lowest BCUT2D eigenvalue weighted by Gasteiger charge is -2.08. The highest BCUT2D eigenvalue weighted by atomic mass is 16.4. The van der Waals surface area contributed by atoms with Gasteiger partial charge in [0.05, 0.1) is 5.52 Å². The van der Waals surface area contributed by atoms with E-state index in [1.165, 1.54) is 0 Å². The SMILES string of the molecule is Cc1c2ccnc(C(=O)O)c2cc2c3ccccc3n(C)c12. The van der Waals surface area contributed by atoms with Gasteiger partial charge in [-0.2, -0.15) is 0 Å². The van der Waals surface area contributed by atoms with Gasteiger partial charge < -0.3 is 9.67 Å². The average molecular weight is 290 g/mol. The maximum absolute atomic E-state index is 11.5. The summed E-state index contributed by atoms with van der Waals surface area (Å²) in [7, 11) is 2.04. The third-order valence-corrected chi connectivity index (χ3v) is 4.39. The summed E-state index contributed by atoms with van der Waals surface area (Å²) in [5.41, 5.74) is 3.46. The Kier molecular flexibility index (Phi) is 2.51. The van der Waals surface area contributed by atoms with E-state index in [0.717, 1.165) is 32.8 Å². The van der Waals surface area contributed by atoms with Gasteiger partial charge in [0.2, 0.25) is 0 Å². The van der Waals surface area contributed by atoms with Crippen molar-refractivity contribution in [3.05, 3.63) is 53.9 Å². The molecule has 0 atom stereocenters. The molecule has 0 amide bonds. The van der Waals surface area contributed by atoms with Crippen molar-refractivity contribution in [1.29, 1.82) is 0 Å². The quantitative estimate of drug-likeness (QED) is 0.578. The van der Waals surface area contributed by atoms with E-state index >= 15 is 0 Å². The summed E-state index contributed by atoms with van der Waals surface area (Å²) in [5, 5.41) is 13.2. The third kappa shape index (κ3) is 1.52. The summed E-state index contributed by atoms with van der Waals surface area (Å²) in [6, 6.07) is 12.0. The zero-order valence-electron chi connectivity index (χ0n) is 12.3. The predicted molar refractivity (Wildman–Crippen MR) is 87.4 cm³/mol. The van der Waals surface area contributed by atoms with Crippen molar-refractivity contribution in [2.75, 3.05) is 0 Å². The van der Waals surface area contributed by atoms with E-state index in [1.807, 2.05) is 38.2 Å². The first kappa shape index (κ1) is 12.8. The van der Waals surface area contributed by atoms with Crippen LogP contribution in [0.15, 0.2) is 42.6 Å². The van der Waals surface area contributed by atoms with Gasteiger partial charge in [-0.3, -0.25) is 0 Å². The first-order chi connectivity index (χ1) is 10.6. The molecule has 4 aromatic rings. The molecule has 0 fully saturated rings. The summed E-state index contributed by atoms with van der Waals surface area (Å²) in [4.78, 5) is 15.5. The Bertz CT molecular complexity index is 1080. The molecule has 0 spiro atoms. The Hall–Kier alpha value is -2.88. The molecular formula is C18H14N2O2. The minimum absolute atomic E-state index is 0.107. The van der Waals surface area contributed by atoms with E-state index in [4.69, 9.17) is 0 Å². The molecule has 0 aliphatic rings. The first-order valence-corrected chi connectivity index (χ1v) is 7.08. The Morgan fingerprint density at radius 3 is 2.64 bits per heavy atom. The van der Waals surface area contributed by atoms with Gasteiger partial charge in [-0.15, -0.1) is 0 Å². The monoisotopic (exact) mass is 290 g/mol. The van der Waals surface area contributed by atoms with Crippen LogP contribution in [0.3, 0.4) is 0 Å². The number of aryl methyl sites for hydroxylation is 2. The molecule has 4 rings (SSSR count). The lowest BCUT2D eigenvalue weighted by Crippen LogP contribution is -2.01. The van der Waals surface area contributed by atoms with Crippen LogP contribution >= 0.6 is 0 Å². The van der Waals surface area contributed by atoms with Crippen LogP contribution in [-0.4, -0.2) is 20.6 Å². The molecule has 0 radical (unpaired) electrons. The largest absolute Gasteiger partial charge is 0.476 e. The molecule has 0 aliphatic carbocycles. The molecule has 22 heavy (non-hydrogen) atoms. The molecule has 2 aromatic carbocycles. The lowest BCUT2D eigenvalue weighted by molar-refractivity contribution is 0.0693. The molecule has 1 N–H and O–H groups in total. The number of fused-ring (bicyclic) bond motifs is 4. The minimum atomic E-state index is -0.996. The van der Waals surface area contributed by atoms with Gasteiger partial charge in [-0.05, 0) is 36.1 Å². The summed E-state index contributed by atoms with van der Waals surface area (Å²) in [6.45, 7) is 2.04. The van der Waals surface area contributed by atoms with E-state index in [0.29, 0.717) is 5.39 Å². The van der Waals surface area contributed by atoms with Crippen LogP contribution in [0.1, 0.15) is 16.1 Å². The highest BCUT2D eigenvalue weighted by Crippen LogP contribution is 2.35. The fourth-order valence-electron chi connectivity index (χ4n) is 3.41. The molecule has 0 saturated heterocycles. The number of aromatic nitrogens is 2. The van der Waals surface area contributed by atoms with Gasteiger partial charge >= 0.3 is 5.97 Å². The van der Waals surface area contributed by atoms with E-state index < -0.39 is 5.97 Å². The van der Waals surface area contributed by atoms with Gasteiger partial charge in [-0.1, -0.05) is 18.2 Å². The topological polar surface area (TPSA) is 55.1 Å². The number of hydrogen-bond donors (Lipinski definition) is 1. The standard InChI is InChI=1S/C18H14N2O2/c1-10-11-7-8-19-16(18(21)22)13(11)9-14-12-5-3-4-6-15(12)20(2)17(10)14/h3-9H,1-2H3,(H,21,22). The molecule has 4 nitrogen and oxygen atoms in total. The first-order valence-electron chi connectivity index (χ1n) is 7.08. The number of benzene rings is 2. The van der Waals surface area contributed by atoms with Gasteiger partial charge in [0.1, 0.15) is 0 Å². The highest BCUT2D eigenvalue weighted by molar-refractivity contribution is 6.16. The Balaban J connectivity index is 2.33. The van der Waals surface area contributed by atoms with Gasteiger partial charge in [0.15, 0.2) is 5.69 Å². The summed E-state index contributed by atoms with van der Waals surface area (Å²) >= 11 is 0. The van der Waals surface area contributed by atoms with Crippen molar-refractivity contribution in [2.24, 2.45) is 7.05 Å². The number of hydrogen-bond acceptors (Lipinski definition) is 2. The van der Waals surface area contributed by atoms with E-state index in [-0.39, 0.29) is 5.69 Å². The van der Waals surface area contributed by atoms with E-state index in [1.54, 1.807) is 6.20 Å². The predicted octanol–water partition coefficient (Wildman–Crippen LogP) is 3.89. The number of pyridine rings is 1. The van der Waals surface area contributed by atoms with Crippen molar-refractivity contribution < 1.29 is 9.90 Å². The van der Waals surface area contributed by atoms with Crippen LogP contribution in [0, 0.1) is 6.92 Å². The molecular weight excluding hydrogens is 276 g/mol. The third-order valence-electron chi connectivity index (χ3n) is 4.39. The van der Waals surface area contributed by atoms with Crippen molar-refractivity contribution in [1.82, 2.24) is 9.55 Å². The van der Waals surface area contributed by atoms with Crippen LogP contribution in [0.2, 0.25) is 0 Å². The summed E-state index contributed by atoms with van der Waals surface area (Å²) < 4.78 is 2.17. The van der Waals surface area contributed by atoms with E-state index in [9.17, 15) is 9.90 Å². The fourth-order valence-corrected chi connectivity index (χ4v) is 3.41. The zero-order chi connectivity index (χ0) is 15.4. The summed E-state index contributed by atoms with van der Waals surface area (Å²) in [5.74, 6) is -0.996. The van der Waals surface area contributed by atoms with Gasteiger partial charge in [-0.25, -0.2) is 9.78 Å². The van der Waals surface area contributed by atoms with Crippen LogP contribution in [0.4, 0.5) is 0 Å². The second kappa shape index (κ2) is 4.31. The number of aromatic carboxylic acids is 1. The minimum Gasteiger partial charge on any atom is -0.476 e. The van der Waals surface area contributed by atoms with Crippen LogP contribution in [-0.2, 0) is 7.05 Å². The number of carboxylic acids is 1. The van der Waals surface area contributed by atoms with E-state index in [2.05, 4.69) is 21.7 Å². The van der Waals surface area contributed by atoms with Crippen LogP contribution in [0.5, 0.6) is 0 Å². The number of nitrogens with zero attached hydrogens (tertiary/aromatic N) is 2. The zero-order valence-corrected chi connectivity index (χ0v) is 12.3. The van der Waals surface area contributed by atoms with Crippen LogP contribution in [0.25, 0.3) is 32.6 Å². The second-order valence-electron chi connectivity index (χ2n) is 5.53. The smallest absolute Gasteiger partial charge is 0.355 e. The maximum Gasteiger partial charge on any atom is 0.355 e. The molecule has 0 unspecified atom stereocenters. The molecule has 0 aliphatic heterocycles. The molecule has 4 heteroatoms. The normalized spacial score (nSPS) is 11.5. The average Bonchev–Trinajstić information content (AvgIpc) is 2.81. The Morgan fingerprint density at radius 1 is 1.09 bits per heavy atom. The molecule has 0 saturated carbocycles. The fraction of sp³-hybridized carbons (Fsp3) is 0.111. The Labute approximate surface area is 126 Å². The van der Waals surface area contributed by atoms with Crippen molar-refractivity contribution >= 4 is 38.5 Å². The number of carbonyl (C=O) groups is 1. The maximum atomic E-state index is 11.5. The molecule has 108 valence electrons. The van der Waals surface area contributed by atoms with Crippen LogP contribution < -0.4 is 0 Å². The lowest BCUT2D eigenvalue weighted by atomic mass is 10.0. The van der Waals surface area contributed by atoms with Crippen molar-refractivity contribution in [3.8, 4) is 0 Å². The van der Waals surface area contributed by atoms with Gasteiger partial charge in [0, 0.05) is 34.9 Å². The highest BCUT2D eigenvalue weighted by Gasteiger charge is 2.17. The number of carboxylic acid groups (broad SMARTS) is 1. The van der Waals surface area contributed by atoms with Crippen molar-refractivity contribution in [2.45, 2.75) is 6.92 Å². The number of para-hydroxylation sites is 1. The van der Waals surface area contributed by atoms with Crippen molar-refractivity contribution in [3.63, 3.8) is 0 Å². The molecule has 2 heterocycles. The molecule has 2 aromatic heterocycles.